The fraction of sp³-hybridized carbons (Fsp3) is 0.0870. The minimum absolute atomic E-state index is 0.0853. The van der Waals surface area contributed by atoms with E-state index in [-0.39, 0.29) is 18.7 Å². The van der Waals surface area contributed by atoms with E-state index < -0.39 is 23.5 Å². The number of nitrogens with one attached hydrogen (secondary N) is 1. The van der Waals surface area contributed by atoms with Crippen LogP contribution in [0.4, 0.5) is 8.78 Å². The lowest BCUT2D eigenvalue weighted by Crippen LogP contribution is -2.26. The third kappa shape index (κ3) is 4.28. The molecule has 2 N–H and O–H groups in total. The molecule has 0 aliphatic carbocycles. The maximum absolute atomic E-state index is 13.6. The van der Waals surface area contributed by atoms with Crippen molar-refractivity contribution in [1.82, 2.24) is 15.1 Å². The molecule has 4 aromatic rings. The maximum Gasteiger partial charge on any atom is 0.335 e. The topological polar surface area (TPSA) is 84.2 Å². The fourth-order valence-corrected chi connectivity index (χ4v) is 3.28. The lowest BCUT2D eigenvalue weighted by atomic mass is 10.1. The van der Waals surface area contributed by atoms with Gasteiger partial charge < -0.3 is 10.4 Å². The summed E-state index contributed by atoms with van der Waals surface area (Å²) in [6.07, 6.45) is 0. The predicted molar refractivity (Wildman–Crippen MR) is 110 cm³/mol. The van der Waals surface area contributed by atoms with Crippen LogP contribution in [0.25, 0.3) is 10.9 Å². The molecule has 0 saturated heterocycles. The number of fused-ring (bicyclic) bond motifs is 1. The van der Waals surface area contributed by atoms with Gasteiger partial charge in [0, 0.05) is 11.9 Å². The molecule has 0 radical (unpaired) electrons. The van der Waals surface area contributed by atoms with Gasteiger partial charge in [-0.3, -0.25) is 9.48 Å². The van der Waals surface area contributed by atoms with Gasteiger partial charge in [0.2, 0.25) is 0 Å². The highest BCUT2D eigenvalue weighted by Crippen LogP contribution is 2.20. The van der Waals surface area contributed by atoms with Gasteiger partial charge in [-0.25, -0.2) is 13.6 Å². The predicted octanol–water partition coefficient (Wildman–Crippen LogP) is 3.99. The molecule has 0 bridgehead atoms. The number of halogens is 2. The van der Waals surface area contributed by atoms with Gasteiger partial charge in [0.05, 0.1) is 17.6 Å². The van der Waals surface area contributed by atoms with Crippen LogP contribution in [0.3, 0.4) is 0 Å². The monoisotopic (exact) mass is 421 g/mol. The number of carbonyl (C=O) groups excluding carboxylic acids is 1. The summed E-state index contributed by atoms with van der Waals surface area (Å²) in [5.74, 6) is -3.33. The molecule has 0 aliphatic rings. The van der Waals surface area contributed by atoms with Gasteiger partial charge in [0.1, 0.15) is 5.69 Å². The van der Waals surface area contributed by atoms with E-state index in [9.17, 15) is 18.4 Å². The van der Waals surface area contributed by atoms with Crippen LogP contribution in [0.5, 0.6) is 0 Å². The standard InChI is InChI=1S/C23H17F2N3O3/c24-18-10-7-15(11-19(18)25)13-28-21(17-3-1-2-4-20(17)27-28)22(29)26-12-14-5-8-16(9-6-14)23(30)31/h1-11H,12-13H2,(H,26,29)(H,30,31). The van der Waals surface area contributed by atoms with Crippen molar-refractivity contribution >= 4 is 22.8 Å². The smallest absolute Gasteiger partial charge is 0.335 e. The van der Waals surface area contributed by atoms with Crippen molar-refractivity contribution in [3.63, 3.8) is 0 Å². The number of carbonyl (C=O) groups is 2. The molecule has 6 nitrogen and oxygen atoms in total. The lowest BCUT2D eigenvalue weighted by Gasteiger charge is -2.10. The van der Waals surface area contributed by atoms with Gasteiger partial charge in [-0.2, -0.15) is 5.10 Å². The van der Waals surface area contributed by atoms with Crippen molar-refractivity contribution in [2.75, 3.05) is 0 Å². The van der Waals surface area contributed by atoms with E-state index in [2.05, 4.69) is 10.4 Å². The minimum atomic E-state index is -1.02. The Hall–Kier alpha value is -4.07. The molecule has 156 valence electrons. The molecule has 1 amide bonds. The van der Waals surface area contributed by atoms with Crippen molar-refractivity contribution in [3.05, 3.63) is 101 Å². The number of benzene rings is 3. The average Bonchev–Trinajstić information content (AvgIpc) is 3.12. The number of aromatic nitrogens is 2. The number of hydrogen-bond donors (Lipinski definition) is 2. The van der Waals surface area contributed by atoms with Crippen molar-refractivity contribution in [3.8, 4) is 0 Å². The van der Waals surface area contributed by atoms with Gasteiger partial charge in [-0.1, -0.05) is 36.4 Å². The molecule has 4 rings (SSSR count). The third-order valence-electron chi connectivity index (χ3n) is 4.83. The zero-order valence-electron chi connectivity index (χ0n) is 16.2. The summed E-state index contributed by atoms with van der Waals surface area (Å²) in [6.45, 7) is 0.269. The number of carboxylic acids is 1. The first-order chi connectivity index (χ1) is 14.9. The first-order valence-corrected chi connectivity index (χ1v) is 9.42. The number of carboxylic acid groups (broad SMARTS) is 1. The van der Waals surface area contributed by atoms with E-state index in [1.807, 2.05) is 0 Å². The van der Waals surface area contributed by atoms with E-state index in [0.29, 0.717) is 22.2 Å². The zero-order valence-corrected chi connectivity index (χ0v) is 16.2. The molecule has 0 aliphatic heterocycles. The largest absolute Gasteiger partial charge is 0.478 e. The summed E-state index contributed by atoms with van der Waals surface area (Å²) in [4.78, 5) is 24.0. The number of hydrogen-bond acceptors (Lipinski definition) is 3. The fourth-order valence-electron chi connectivity index (χ4n) is 3.28. The van der Waals surface area contributed by atoms with Crippen LogP contribution in [0.1, 0.15) is 32.0 Å². The normalized spacial score (nSPS) is 10.9. The zero-order chi connectivity index (χ0) is 22.0. The summed E-state index contributed by atoms with van der Waals surface area (Å²) in [5, 5.41) is 16.9. The molecular weight excluding hydrogens is 404 g/mol. The van der Waals surface area contributed by atoms with E-state index >= 15 is 0 Å². The highest BCUT2D eigenvalue weighted by molar-refractivity contribution is 6.05. The number of aromatic carboxylic acids is 1. The molecule has 3 aromatic carbocycles. The SMILES string of the molecule is O=C(O)c1ccc(CNC(=O)c2c3ccccc3nn2Cc2ccc(F)c(F)c2)cc1. The Balaban J connectivity index is 1.60. The van der Waals surface area contributed by atoms with Gasteiger partial charge in [-0.05, 0) is 41.5 Å². The van der Waals surface area contributed by atoms with Gasteiger partial charge in [-0.15, -0.1) is 0 Å². The molecule has 0 saturated carbocycles. The molecular formula is C23H17F2N3O3. The first-order valence-electron chi connectivity index (χ1n) is 9.42. The Labute approximate surface area is 175 Å². The molecule has 0 atom stereocenters. The number of rotatable bonds is 6. The lowest BCUT2D eigenvalue weighted by molar-refractivity contribution is 0.0696. The molecule has 0 unspecified atom stereocenters. The summed E-state index contributed by atoms with van der Waals surface area (Å²) < 4.78 is 28.3. The van der Waals surface area contributed by atoms with E-state index in [1.54, 1.807) is 36.4 Å². The van der Waals surface area contributed by atoms with Crippen LogP contribution in [-0.4, -0.2) is 26.8 Å². The van der Waals surface area contributed by atoms with E-state index in [0.717, 1.165) is 17.7 Å². The van der Waals surface area contributed by atoms with Crippen LogP contribution in [0.2, 0.25) is 0 Å². The molecule has 8 heteroatoms. The van der Waals surface area contributed by atoms with Crippen molar-refractivity contribution in [1.29, 1.82) is 0 Å². The van der Waals surface area contributed by atoms with Crippen LogP contribution < -0.4 is 5.32 Å². The average molecular weight is 421 g/mol. The van der Waals surface area contributed by atoms with Crippen molar-refractivity contribution in [2.45, 2.75) is 13.1 Å². The number of amides is 1. The van der Waals surface area contributed by atoms with Crippen LogP contribution in [0.15, 0.2) is 66.7 Å². The maximum atomic E-state index is 13.6. The van der Waals surface area contributed by atoms with Crippen LogP contribution >= 0.6 is 0 Å². The molecule has 0 spiro atoms. The summed E-state index contributed by atoms with van der Waals surface area (Å²) in [7, 11) is 0. The first kappa shape index (κ1) is 20.2. The molecule has 1 aromatic heterocycles. The summed E-state index contributed by atoms with van der Waals surface area (Å²) in [6, 6.07) is 16.8. The molecule has 31 heavy (non-hydrogen) atoms. The Morgan fingerprint density at radius 1 is 0.935 bits per heavy atom. The second-order valence-corrected chi connectivity index (χ2v) is 6.96. The van der Waals surface area contributed by atoms with Crippen molar-refractivity contribution < 1.29 is 23.5 Å². The van der Waals surface area contributed by atoms with Gasteiger partial charge in [0.25, 0.3) is 5.91 Å². The summed E-state index contributed by atoms with van der Waals surface area (Å²) in [5.41, 5.74) is 2.24. The van der Waals surface area contributed by atoms with E-state index in [1.165, 1.54) is 22.9 Å². The highest BCUT2D eigenvalue weighted by Gasteiger charge is 2.19. The Bertz CT molecular complexity index is 1280. The third-order valence-corrected chi connectivity index (χ3v) is 4.83. The quantitative estimate of drug-likeness (QED) is 0.493. The molecule has 0 fully saturated rings. The van der Waals surface area contributed by atoms with Crippen LogP contribution in [0, 0.1) is 11.6 Å². The van der Waals surface area contributed by atoms with Crippen LogP contribution in [-0.2, 0) is 13.1 Å². The Morgan fingerprint density at radius 2 is 1.65 bits per heavy atom. The van der Waals surface area contributed by atoms with Crippen molar-refractivity contribution in [2.24, 2.45) is 0 Å². The highest BCUT2D eigenvalue weighted by atomic mass is 19.2. The van der Waals surface area contributed by atoms with Gasteiger partial charge >= 0.3 is 5.97 Å². The minimum Gasteiger partial charge on any atom is -0.478 e. The number of nitrogens with zero attached hydrogens (tertiary/aromatic N) is 2. The van der Waals surface area contributed by atoms with Gasteiger partial charge in [0.15, 0.2) is 11.6 Å². The molecule has 1 heterocycles. The Morgan fingerprint density at radius 3 is 2.35 bits per heavy atom. The second-order valence-electron chi connectivity index (χ2n) is 6.96. The summed E-state index contributed by atoms with van der Waals surface area (Å²) >= 11 is 0. The second kappa shape index (κ2) is 8.35. The Kier molecular flexibility index (Phi) is 5.44. The van der Waals surface area contributed by atoms with E-state index in [4.69, 9.17) is 5.11 Å².